The van der Waals surface area contributed by atoms with Crippen molar-refractivity contribution in [3.63, 3.8) is 0 Å². The Bertz CT molecular complexity index is 439. The van der Waals surface area contributed by atoms with E-state index in [1.807, 2.05) is 20.8 Å². The first-order valence-corrected chi connectivity index (χ1v) is 6.25. The van der Waals surface area contributed by atoms with Crippen LogP contribution in [0.1, 0.15) is 31.9 Å². The predicted molar refractivity (Wildman–Crippen MR) is 74.7 cm³/mol. The van der Waals surface area contributed by atoms with Crippen LogP contribution in [0.25, 0.3) is 0 Å². The Morgan fingerprint density at radius 1 is 1.37 bits per heavy atom. The number of hydrogen-bond donors (Lipinski definition) is 3. The van der Waals surface area contributed by atoms with Gasteiger partial charge in [-0.25, -0.2) is 4.79 Å². The second-order valence-electron chi connectivity index (χ2n) is 5.45. The molecule has 1 aromatic rings. The third kappa shape index (κ3) is 5.61. The van der Waals surface area contributed by atoms with Crippen molar-refractivity contribution in [1.82, 2.24) is 5.32 Å². The normalized spacial score (nSPS) is 11.2. The van der Waals surface area contributed by atoms with Gasteiger partial charge in [-0.15, -0.1) is 0 Å². The molecule has 0 aromatic heterocycles. The van der Waals surface area contributed by atoms with E-state index < -0.39 is 6.09 Å². The highest BCUT2D eigenvalue weighted by atomic mass is 16.5. The summed E-state index contributed by atoms with van der Waals surface area (Å²) in [6.07, 6.45) is 0.0836. The SMILES string of the molecule is CC(C)(C)NC(=O)OCCc1cc(N)ccc1CO. The lowest BCUT2D eigenvalue weighted by Crippen LogP contribution is -2.41. The Hall–Kier alpha value is -1.75. The molecule has 1 aromatic carbocycles. The van der Waals surface area contributed by atoms with Gasteiger partial charge in [-0.3, -0.25) is 0 Å². The number of nitrogens with two attached hydrogens (primary N) is 1. The molecule has 0 radical (unpaired) electrons. The van der Waals surface area contributed by atoms with Crippen molar-refractivity contribution in [3.05, 3.63) is 29.3 Å². The second-order valence-corrected chi connectivity index (χ2v) is 5.45. The first-order valence-electron chi connectivity index (χ1n) is 6.25. The zero-order valence-corrected chi connectivity index (χ0v) is 11.7. The van der Waals surface area contributed by atoms with E-state index in [-0.39, 0.29) is 18.8 Å². The molecule has 0 aliphatic heterocycles. The molecule has 0 saturated heterocycles. The molecule has 0 saturated carbocycles. The number of carbonyl (C=O) groups excluding carboxylic acids is 1. The fourth-order valence-electron chi connectivity index (χ4n) is 1.63. The summed E-state index contributed by atoms with van der Waals surface area (Å²) in [6, 6.07) is 5.30. The molecule has 0 spiro atoms. The number of carbonyl (C=O) groups is 1. The number of anilines is 1. The minimum atomic E-state index is -0.443. The van der Waals surface area contributed by atoms with Crippen molar-refractivity contribution < 1.29 is 14.6 Å². The summed E-state index contributed by atoms with van der Waals surface area (Å²) in [5.41, 5.74) is 7.71. The minimum absolute atomic E-state index is 0.0518. The number of aliphatic hydroxyl groups excluding tert-OH is 1. The van der Waals surface area contributed by atoms with Crippen molar-refractivity contribution in [2.75, 3.05) is 12.3 Å². The largest absolute Gasteiger partial charge is 0.449 e. The summed E-state index contributed by atoms with van der Waals surface area (Å²) in [5, 5.41) is 11.9. The molecule has 0 fully saturated rings. The number of ether oxygens (including phenoxy) is 1. The second kappa shape index (κ2) is 6.43. The van der Waals surface area contributed by atoms with Crippen LogP contribution in [-0.2, 0) is 17.8 Å². The topological polar surface area (TPSA) is 84.6 Å². The summed E-state index contributed by atoms with van der Waals surface area (Å²) in [4.78, 5) is 11.5. The highest BCUT2D eigenvalue weighted by Gasteiger charge is 2.14. The van der Waals surface area contributed by atoms with Crippen LogP contribution < -0.4 is 11.1 Å². The fraction of sp³-hybridized carbons (Fsp3) is 0.500. The molecule has 106 valence electrons. The molecule has 0 aliphatic rings. The third-order valence-electron chi connectivity index (χ3n) is 2.48. The number of benzene rings is 1. The van der Waals surface area contributed by atoms with Crippen LogP contribution in [0.15, 0.2) is 18.2 Å². The highest BCUT2D eigenvalue weighted by molar-refractivity contribution is 5.68. The van der Waals surface area contributed by atoms with Crippen molar-refractivity contribution in [1.29, 1.82) is 0 Å². The molecule has 0 heterocycles. The van der Waals surface area contributed by atoms with E-state index in [9.17, 15) is 9.90 Å². The van der Waals surface area contributed by atoms with Crippen LogP contribution in [0.3, 0.4) is 0 Å². The number of aliphatic hydroxyl groups is 1. The maximum absolute atomic E-state index is 11.5. The Labute approximate surface area is 113 Å². The molecule has 1 rings (SSSR count). The quantitative estimate of drug-likeness (QED) is 0.726. The van der Waals surface area contributed by atoms with E-state index in [2.05, 4.69) is 5.32 Å². The zero-order valence-electron chi connectivity index (χ0n) is 11.7. The smallest absolute Gasteiger partial charge is 0.407 e. The first kappa shape index (κ1) is 15.3. The van der Waals surface area contributed by atoms with Crippen LogP contribution in [0, 0.1) is 0 Å². The molecule has 5 nitrogen and oxygen atoms in total. The van der Waals surface area contributed by atoms with Crippen molar-refractivity contribution in [2.24, 2.45) is 0 Å². The van der Waals surface area contributed by atoms with Gasteiger partial charge in [0.05, 0.1) is 13.2 Å². The molecule has 1 amide bonds. The van der Waals surface area contributed by atoms with E-state index in [1.165, 1.54) is 0 Å². The van der Waals surface area contributed by atoms with E-state index >= 15 is 0 Å². The fourth-order valence-corrected chi connectivity index (χ4v) is 1.63. The number of alkyl carbamates (subject to hydrolysis) is 1. The summed E-state index contributed by atoms with van der Waals surface area (Å²) in [5.74, 6) is 0. The molecule has 0 bridgehead atoms. The Morgan fingerprint density at radius 3 is 2.63 bits per heavy atom. The lowest BCUT2D eigenvalue weighted by Gasteiger charge is -2.20. The van der Waals surface area contributed by atoms with E-state index in [0.717, 1.165) is 11.1 Å². The van der Waals surface area contributed by atoms with Crippen LogP contribution in [0.2, 0.25) is 0 Å². The Kier molecular flexibility index (Phi) is 5.18. The van der Waals surface area contributed by atoms with Crippen molar-refractivity contribution >= 4 is 11.8 Å². The van der Waals surface area contributed by atoms with Crippen LogP contribution in [0.4, 0.5) is 10.5 Å². The predicted octanol–water partition coefficient (Wildman–Crippen LogP) is 1.83. The number of rotatable bonds is 4. The molecule has 4 N–H and O–H groups in total. The van der Waals surface area contributed by atoms with E-state index in [4.69, 9.17) is 10.5 Å². The first-order chi connectivity index (χ1) is 8.81. The maximum Gasteiger partial charge on any atom is 0.407 e. The van der Waals surface area contributed by atoms with Crippen LogP contribution in [0.5, 0.6) is 0 Å². The maximum atomic E-state index is 11.5. The van der Waals surface area contributed by atoms with Gasteiger partial charge >= 0.3 is 6.09 Å². The van der Waals surface area contributed by atoms with Gasteiger partial charge in [0, 0.05) is 17.6 Å². The number of nitrogens with one attached hydrogen (secondary N) is 1. The Morgan fingerprint density at radius 2 is 2.05 bits per heavy atom. The van der Waals surface area contributed by atoms with Crippen LogP contribution in [-0.4, -0.2) is 23.3 Å². The molecule has 19 heavy (non-hydrogen) atoms. The van der Waals surface area contributed by atoms with Gasteiger partial charge in [0.2, 0.25) is 0 Å². The van der Waals surface area contributed by atoms with Gasteiger partial charge < -0.3 is 20.9 Å². The van der Waals surface area contributed by atoms with Gasteiger partial charge in [-0.2, -0.15) is 0 Å². The van der Waals surface area contributed by atoms with Gasteiger partial charge in [-0.05, 0) is 44.0 Å². The average Bonchev–Trinajstić information content (AvgIpc) is 2.27. The standard InChI is InChI=1S/C14H22N2O3/c1-14(2,3)16-13(18)19-7-6-10-8-12(15)5-4-11(10)9-17/h4-5,8,17H,6-7,9,15H2,1-3H3,(H,16,18). The lowest BCUT2D eigenvalue weighted by atomic mass is 10.0. The van der Waals surface area contributed by atoms with E-state index in [0.29, 0.717) is 12.1 Å². The van der Waals surface area contributed by atoms with E-state index in [1.54, 1.807) is 18.2 Å². The summed E-state index contributed by atoms with van der Waals surface area (Å²) < 4.78 is 5.09. The van der Waals surface area contributed by atoms with Crippen molar-refractivity contribution in [2.45, 2.75) is 39.3 Å². The molecule has 0 unspecified atom stereocenters. The van der Waals surface area contributed by atoms with Gasteiger partial charge in [0.15, 0.2) is 0 Å². The van der Waals surface area contributed by atoms with Gasteiger partial charge in [0.25, 0.3) is 0 Å². The number of amides is 1. The number of hydrogen-bond acceptors (Lipinski definition) is 4. The van der Waals surface area contributed by atoms with Gasteiger partial charge in [-0.1, -0.05) is 6.07 Å². The average molecular weight is 266 g/mol. The molecular weight excluding hydrogens is 244 g/mol. The lowest BCUT2D eigenvalue weighted by molar-refractivity contribution is 0.138. The molecule has 0 atom stereocenters. The summed E-state index contributed by atoms with van der Waals surface area (Å²) >= 11 is 0. The molecule has 5 heteroatoms. The van der Waals surface area contributed by atoms with Gasteiger partial charge in [0.1, 0.15) is 0 Å². The summed E-state index contributed by atoms with van der Waals surface area (Å²) in [6.45, 7) is 5.85. The number of nitrogen functional groups attached to an aromatic ring is 1. The monoisotopic (exact) mass is 266 g/mol. The molecule has 0 aliphatic carbocycles. The van der Waals surface area contributed by atoms with Crippen LogP contribution >= 0.6 is 0 Å². The minimum Gasteiger partial charge on any atom is -0.449 e. The van der Waals surface area contributed by atoms with Crippen molar-refractivity contribution in [3.8, 4) is 0 Å². The highest BCUT2D eigenvalue weighted by Crippen LogP contribution is 2.14. The third-order valence-corrected chi connectivity index (χ3v) is 2.48. The molecular formula is C14H22N2O3. The Balaban J connectivity index is 2.49. The zero-order chi connectivity index (χ0) is 14.5. The summed E-state index contributed by atoms with van der Waals surface area (Å²) in [7, 11) is 0.